The summed E-state index contributed by atoms with van der Waals surface area (Å²) in [4.78, 5) is 24.4. The molecule has 26 heavy (non-hydrogen) atoms. The van der Waals surface area contributed by atoms with Crippen LogP contribution in [0.5, 0.6) is 0 Å². The van der Waals surface area contributed by atoms with Gasteiger partial charge in [0.05, 0.1) is 0 Å². The van der Waals surface area contributed by atoms with Crippen molar-refractivity contribution in [2.45, 2.75) is 39.3 Å². The van der Waals surface area contributed by atoms with Crippen LogP contribution in [-0.4, -0.2) is 11.8 Å². The second-order valence-electron chi connectivity index (χ2n) is 7.10. The number of benzene rings is 2. The van der Waals surface area contributed by atoms with Crippen LogP contribution in [0, 0.1) is 5.92 Å². The summed E-state index contributed by atoms with van der Waals surface area (Å²) >= 11 is 0. The first kappa shape index (κ1) is 19.7. The van der Waals surface area contributed by atoms with Gasteiger partial charge in [0.1, 0.15) is 5.54 Å². The van der Waals surface area contributed by atoms with Crippen LogP contribution in [0.25, 0.3) is 0 Å². The zero-order valence-electron chi connectivity index (χ0n) is 15.6. The third kappa shape index (κ3) is 5.43. The summed E-state index contributed by atoms with van der Waals surface area (Å²) < 4.78 is 0. The standard InChI is InChI=1S/C21H27N3O2/c1-15(2)12-19(25)24-18-11-7-8-16(13-18)14-23-20(26)21(3,22)17-9-5-4-6-10-17/h4-11,13,15H,12,14,22H2,1-3H3,(H,23,26)(H,24,25). The van der Waals surface area contributed by atoms with Crippen molar-refractivity contribution >= 4 is 17.5 Å². The molecule has 2 amide bonds. The maximum Gasteiger partial charge on any atom is 0.244 e. The van der Waals surface area contributed by atoms with Crippen molar-refractivity contribution in [1.29, 1.82) is 0 Å². The largest absolute Gasteiger partial charge is 0.350 e. The number of rotatable bonds is 7. The van der Waals surface area contributed by atoms with Gasteiger partial charge in [0.2, 0.25) is 11.8 Å². The fraction of sp³-hybridized carbons (Fsp3) is 0.333. The molecule has 138 valence electrons. The molecular weight excluding hydrogens is 326 g/mol. The molecule has 0 aliphatic heterocycles. The Bertz CT molecular complexity index is 755. The highest BCUT2D eigenvalue weighted by atomic mass is 16.2. The fourth-order valence-corrected chi connectivity index (χ4v) is 2.62. The molecular formula is C21H27N3O2. The van der Waals surface area contributed by atoms with Crippen LogP contribution in [-0.2, 0) is 21.7 Å². The SMILES string of the molecule is CC(C)CC(=O)Nc1cccc(CNC(=O)C(C)(N)c2ccccc2)c1. The molecule has 0 aromatic heterocycles. The van der Waals surface area contributed by atoms with E-state index in [1.165, 1.54) is 0 Å². The van der Waals surface area contributed by atoms with E-state index in [1.807, 2.05) is 68.4 Å². The van der Waals surface area contributed by atoms with Crippen molar-refractivity contribution in [3.8, 4) is 0 Å². The van der Waals surface area contributed by atoms with Gasteiger partial charge >= 0.3 is 0 Å². The van der Waals surface area contributed by atoms with Crippen LogP contribution in [0.4, 0.5) is 5.69 Å². The monoisotopic (exact) mass is 353 g/mol. The molecule has 1 atom stereocenters. The van der Waals surface area contributed by atoms with Crippen molar-refractivity contribution in [3.05, 3.63) is 65.7 Å². The zero-order chi connectivity index (χ0) is 19.2. The van der Waals surface area contributed by atoms with E-state index < -0.39 is 5.54 Å². The van der Waals surface area contributed by atoms with Gasteiger partial charge in [-0.1, -0.05) is 56.3 Å². The van der Waals surface area contributed by atoms with Gasteiger partial charge in [-0.3, -0.25) is 9.59 Å². The van der Waals surface area contributed by atoms with Crippen LogP contribution in [0.2, 0.25) is 0 Å². The van der Waals surface area contributed by atoms with Gasteiger partial charge in [0.15, 0.2) is 0 Å². The minimum Gasteiger partial charge on any atom is -0.350 e. The van der Waals surface area contributed by atoms with Crippen molar-refractivity contribution in [2.75, 3.05) is 5.32 Å². The highest BCUT2D eigenvalue weighted by molar-refractivity contribution is 5.91. The molecule has 0 fully saturated rings. The van der Waals surface area contributed by atoms with E-state index in [0.29, 0.717) is 18.9 Å². The number of anilines is 1. The van der Waals surface area contributed by atoms with Crippen molar-refractivity contribution < 1.29 is 9.59 Å². The molecule has 0 aliphatic carbocycles. The molecule has 0 heterocycles. The average molecular weight is 353 g/mol. The zero-order valence-corrected chi connectivity index (χ0v) is 15.6. The molecule has 0 aliphatic rings. The van der Waals surface area contributed by atoms with E-state index in [-0.39, 0.29) is 11.8 Å². The van der Waals surface area contributed by atoms with E-state index in [4.69, 9.17) is 5.73 Å². The number of hydrogen-bond acceptors (Lipinski definition) is 3. The highest BCUT2D eigenvalue weighted by Crippen LogP contribution is 2.18. The number of carbonyl (C=O) groups excluding carboxylic acids is 2. The topological polar surface area (TPSA) is 84.2 Å². The predicted octanol–water partition coefficient (Wildman–Crippen LogP) is 3.16. The highest BCUT2D eigenvalue weighted by Gasteiger charge is 2.29. The number of carbonyl (C=O) groups is 2. The molecule has 2 rings (SSSR count). The van der Waals surface area contributed by atoms with Crippen LogP contribution in [0.1, 0.15) is 38.3 Å². The maximum absolute atomic E-state index is 12.5. The summed E-state index contributed by atoms with van der Waals surface area (Å²) in [5.41, 5.74) is 7.48. The number of nitrogens with one attached hydrogen (secondary N) is 2. The lowest BCUT2D eigenvalue weighted by molar-refractivity contribution is -0.126. The maximum atomic E-state index is 12.5. The summed E-state index contributed by atoms with van der Waals surface area (Å²) in [6, 6.07) is 16.7. The normalized spacial score (nSPS) is 13.1. The van der Waals surface area contributed by atoms with E-state index in [2.05, 4.69) is 10.6 Å². The van der Waals surface area contributed by atoms with Gasteiger partial charge in [-0.2, -0.15) is 0 Å². The Kier molecular flexibility index (Phi) is 6.52. The Hall–Kier alpha value is -2.66. The van der Waals surface area contributed by atoms with Gasteiger partial charge in [0, 0.05) is 18.7 Å². The molecule has 0 spiro atoms. The first-order chi connectivity index (χ1) is 12.3. The summed E-state index contributed by atoms with van der Waals surface area (Å²) in [6.07, 6.45) is 0.476. The summed E-state index contributed by atoms with van der Waals surface area (Å²) in [6.45, 7) is 6.04. The first-order valence-corrected chi connectivity index (χ1v) is 8.80. The molecule has 5 nitrogen and oxygen atoms in total. The predicted molar refractivity (Wildman–Crippen MR) is 104 cm³/mol. The quantitative estimate of drug-likeness (QED) is 0.715. The molecule has 2 aromatic carbocycles. The lowest BCUT2D eigenvalue weighted by Crippen LogP contribution is -2.48. The second-order valence-corrected chi connectivity index (χ2v) is 7.10. The van der Waals surface area contributed by atoms with Crippen LogP contribution in [0.3, 0.4) is 0 Å². The Morgan fingerprint density at radius 1 is 1.08 bits per heavy atom. The Balaban J connectivity index is 1.98. The minimum atomic E-state index is -1.11. The Morgan fingerprint density at radius 2 is 1.77 bits per heavy atom. The number of nitrogens with two attached hydrogens (primary N) is 1. The van der Waals surface area contributed by atoms with Crippen molar-refractivity contribution in [3.63, 3.8) is 0 Å². The van der Waals surface area contributed by atoms with Gasteiger partial charge in [-0.25, -0.2) is 0 Å². The van der Waals surface area contributed by atoms with Crippen molar-refractivity contribution in [2.24, 2.45) is 11.7 Å². The summed E-state index contributed by atoms with van der Waals surface area (Å²) in [7, 11) is 0. The second kappa shape index (κ2) is 8.63. The van der Waals surface area contributed by atoms with Gasteiger partial charge in [0.25, 0.3) is 0 Å². The first-order valence-electron chi connectivity index (χ1n) is 8.80. The third-order valence-electron chi connectivity index (χ3n) is 4.10. The molecule has 0 saturated heterocycles. The van der Waals surface area contributed by atoms with Crippen LogP contribution in [0.15, 0.2) is 54.6 Å². The molecule has 0 radical (unpaired) electrons. The molecule has 5 heteroatoms. The van der Waals surface area contributed by atoms with Gasteiger partial charge in [-0.15, -0.1) is 0 Å². The Labute approximate surface area is 155 Å². The fourth-order valence-electron chi connectivity index (χ4n) is 2.62. The van der Waals surface area contributed by atoms with Crippen LogP contribution >= 0.6 is 0 Å². The van der Waals surface area contributed by atoms with E-state index in [0.717, 1.165) is 16.8 Å². The molecule has 1 unspecified atom stereocenters. The molecule has 0 bridgehead atoms. The number of hydrogen-bond donors (Lipinski definition) is 3. The summed E-state index contributed by atoms with van der Waals surface area (Å²) in [5, 5.41) is 5.75. The lowest BCUT2D eigenvalue weighted by atomic mass is 9.92. The van der Waals surface area contributed by atoms with E-state index in [9.17, 15) is 9.59 Å². The van der Waals surface area contributed by atoms with Gasteiger partial charge < -0.3 is 16.4 Å². The number of amides is 2. The van der Waals surface area contributed by atoms with Crippen LogP contribution < -0.4 is 16.4 Å². The van der Waals surface area contributed by atoms with Crippen molar-refractivity contribution in [1.82, 2.24) is 5.32 Å². The smallest absolute Gasteiger partial charge is 0.244 e. The average Bonchev–Trinajstić information content (AvgIpc) is 2.60. The van der Waals surface area contributed by atoms with E-state index >= 15 is 0 Å². The lowest BCUT2D eigenvalue weighted by Gasteiger charge is -2.24. The molecule has 0 saturated carbocycles. The van der Waals surface area contributed by atoms with Gasteiger partial charge in [-0.05, 0) is 36.1 Å². The Morgan fingerprint density at radius 3 is 2.42 bits per heavy atom. The molecule has 2 aromatic rings. The third-order valence-corrected chi connectivity index (χ3v) is 4.10. The van der Waals surface area contributed by atoms with E-state index in [1.54, 1.807) is 6.92 Å². The summed E-state index contributed by atoms with van der Waals surface area (Å²) in [5.74, 6) is 0.0374. The molecule has 4 N–H and O–H groups in total. The minimum absolute atomic E-state index is 0.0141.